The number of pyridine rings is 1. The average molecular weight is 553 g/mol. The first-order valence-corrected chi connectivity index (χ1v) is 17.0. The third-order valence-corrected chi connectivity index (χ3v) is 11.9. The number of benzene rings is 1. The number of aromatic amines is 1. The van der Waals surface area contributed by atoms with Crippen molar-refractivity contribution >= 4 is 27.4 Å². The zero-order valence-electron chi connectivity index (χ0n) is 24.8. The van der Waals surface area contributed by atoms with E-state index in [1.54, 1.807) is 0 Å². The van der Waals surface area contributed by atoms with Gasteiger partial charge in [-0.1, -0.05) is 69.6 Å². The van der Waals surface area contributed by atoms with E-state index in [1.165, 1.54) is 112 Å². The summed E-state index contributed by atoms with van der Waals surface area (Å²) in [5.41, 5.74) is 4.03. The summed E-state index contributed by atoms with van der Waals surface area (Å²) in [5, 5.41) is 15.6. The van der Waals surface area contributed by atoms with Crippen molar-refractivity contribution in [2.45, 2.75) is 108 Å². The number of fused-ring (bicyclic) bond motifs is 5. The van der Waals surface area contributed by atoms with Crippen LogP contribution in [0, 0.1) is 11.3 Å². The molecule has 1 unspecified atom stereocenters. The van der Waals surface area contributed by atoms with Gasteiger partial charge >= 0.3 is 0 Å². The van der Waals surface area contributed by atoms with Crippen molar-refractivity contribution < 1.29 is 5.11 Å². The first kappa shape index (κ1) is 26.4. The van der Waals surface area contributed by atoms with Crippen LogP contribution in [0.3, 0.4) is 0 Å². The van der Waals surface area contributed by atoms with Gasteiger partial charge in [-0.25, -0.2) is 0 Å². The van der Waals surface area contributed by atoms with Gasteiger partial charge in [0.25, 0.3) is 0 Å². The molecule has 4 saturated heterocycles. The van der Waals surface area contributed by atoms with Gasteiger partial charge in [0.2, 0.25) is 0 Å². The molecule has 41 heavy (non-hydrogen) atoms. The maximum Gasteiger partial charge on any atom is 0.0994 e. The fourth-order valence-electron chi connectivity index (χ4n) is 10.3. The minimum Gasteiger partial charge on any atom is -0.384 e. The van der Waals surface area contributed by atoms with Crippen LogP contribution >= 0.6 is 0 Å². The van der Waals surface area contributed by atoms with Crippen molar-refractivity contribution in [3.05, 3.63) is 48.3 Å². The smallest absolute Gasteiger partial charge is 0.0994 e. The monoisotopic (exact) mass is 552 g/mol. The number of piperidine rings is 1. The van der Waals surface area contributed by atoms with Crippen LogP contribution in [0.25, 0.3) is 27.4 Å². The van der Waals surface area contributed by atoms with Gasteiger partial charge < -0.3 is 15.0 Å². The van der Waals surface area contributed by atoms with Crippen LogP contribution in [0.4, 0.5) is 0 Å². The third-order valence-electron chi connectivity index (χ3n) is 11.9. The Labute approximate surface area is 245 Å². The second-order valence-electron chi connectivity index (χ2n) is 14.3. The molecule has 6 heterocycles. The Morgan fingerprint density at radius 1 is 0.829 bits per heavy atom. The number of allylic oxidation sites excluding steroid dienone is 1. The molecular weight excluding hydrogens is 504 g/mol. The summed E-state index contributed by atoms with van der Waals surface area (Å²) in [4.78, 5) is 14.6. The van der Waals surface area contributed by atoms with Gasteiger partial charge in [0.05, 0.1) is 16.8 Å². The number of aliphatic hydroxyl groups is 1. The molecule has 3 aromatic rings. The van der Waals surface area contributed by atoms with E-state index in [0.717, 1.165) is 37.1 Å². The highest BCUT2D eigenvalue weighted by Crippen LogP contribution is 2.62. The molecule has 8 rings (SSSR count). The Morgan fingerprint density at radius 3 is 2.56 bits per heavy atom. The molecule has 5 nitrogen and oxygen atoms in total. The van der Waals surface area contributed by atoms with Crippen molar-refractivity contribution in [1.82, 2.24) is 19.8 Å². The van der Waals surface area contributed by atoms with E-state index in [9.17, 15) is 5.11 Å². The number of hydrogen-bond acceptors (Lipinski definition) is 4. The number of rotatable bonds is 1. The van der Waals surface area contributed by atoms with E-state index in [0.29, 0.717) is 12.0 Å². The molecule has 0 radical (unpaired) electrons. The van der Waals surface area contributed by atoms with Crippen LogP contribution in [-0.4, -0.2) is 68.7 Å². The van der Waals surface area contributed by atoms with Gasteiger partial charge in [-0.05, 0) is 87.9 Å². The predicted molar refractivity (Wildman–Crippen MR) is 168 cm³/mol. The van der Waals surface area contributed by atoms with Crippen molar-refractivity contribution in [3.63, 3.8) is 0 Å². The van der Waals surface area contributed by atoms with Gasteiger partial charge in [-0.15, -0.1) is 0 Å². The fourth-order valence-corrected chi connectivity index (χ4v) is 10.3. The number of nitrogens with zero attached hydrogens (tertiary/aromatic N) is 3. The lowest BCUT2D eigenvalue weighted by atomic mass is 9.54. The lowest BCUT2D eigenvalue weighted by molar-refractivity contribution is -0.0919. The molecule has 2 N–H and O–H groups in total. The summed E-state index contributed by atoms with van der Waals surface area (Å²) < 4.78 is 0. The molecule has 0 saturated carbocycles. The van der Waals surface area contributed by atoms with Crippen LogP contribution in [0.15, 0.2) is 42.6 Å². The van der Waals surface area contributed by atoms with Gasteiger partial charge in [0, 0.05) is 46.5 Å². The normalized spacial score (nSPS) is 36.9. The Kier molecular flexibility index (Phi) is 6.77. The average Bonchev–Trinajstić information content (AvgIpc) is 3.49. The van der Waals surface area contributed by atoms with Crippen molar-refractivity contribution in [3.8, 4) is 0 Å². The molecule has 4 aliphatic heterocycles. The van der Waals surface area contributed by atoms with Gasteiger partial charge in [-0.3, -0.25) is 9.88 Å². The molecule has 0 amide bonds. The lowest BCUT2D eigenvalue weighted by Gasteiger charge is -2.58. The summed E-state index contributed by atoms with van der Waals surface area (Å²) in [6, 6.07) is 11.7. The maximum absolute atomic E-state index is 13.1. The third kappa shape index (κ3) is 4.33. The molecule has 2 aromatic heterocycles. The zero-order chi connectivity index (χ0) is 27.4. The van der Waals surface area contributed by atoms with E-state index in [1.807, 2.05) is 6.20 Å². The van der Waals surface area contributed by atoms with E-state index < -0.39 is 5.60 Å². The Bertz CT molecular complexity index is 1440. The van der Waals surface area contributed by atoms with Crippen LogP contribution in [0.5, 0.6) is 0 Å². The summed E-state index contributed by atoms with van der Waals surface area (Å²) >= 11 is 0. The molecule has 1 aromatic carbocycles. The van der Waals surface area contributed by atoms with E-state index in [-0.39, 0.29) is 11.5 Å². The highest BCUT2D eigenvalue weighted by Gasteiger charge is 2.65. The Morgan fingerprint density at radius 2 is 1.63 bits per heavy atom. The molecular formula is C36H48N4O. The minimum atomic E-state index is -0.813. The Hall–Kier alpha value is -2.21. The number of aromatic nitrogens is 2. The van der Waals surface area contributed by atoms with Crippen LogP contribution in [0.1, 0.15) is 95.6 Å². The molecule has 4 fully saturated rings. The minimum absolute atomic E-state index is 0.0794. The maximum atomic E-state index is 13.1. The topological polar surface area (TPSA) is 55.4 Å². The second kappa shape index (κ2) is 10.5. The standard InChI is InChI=1S/C36H48N4O/c41-36-18-10-4-1-2-5-11-20-39-22-17-30(35(25-39)23-26-13-7-3-6-12-21-40(26)34(35)36)29(24-36)32-33-28(16-19-37-32)27-14-8-9-15-31(27)38-33/h8-9,14-16,19,24,26,30,34,38,41H,1-7,10-13,17-18,20-23,25H2/t26-,30+,34+,35-,36-/m0/s1. The number of hydrogen-bond donors (Lipinski definition) is 2. The molecule has 6 atom stereocenters. The Balaban J connectivity index is 1.33. The first-order valence-electron chi connectivity index (χ1n) is 17.0. The number of H-pyrrole nitrogens is 1. The highest BCUT2D eigenvalue weighted by atomic mass is 16.3. The molecule has 1 spiro atoms. The van der Waals surface area contributed by atoms with Crippen LogP contribution < -0.4 is 0 Å². The van der Waals surface area contributed by atoms with Gasteiger partial charge in [0.1, 0.15) is 0 Å². The first-order chi connectivity index (χ1) is 20.2. The van der Waals surface area contributed by atoms with E-state index in [2.05, 4.69) is 51.2 Å². The van der Waals surface area contributed by atoms with Crippen LogP contribution in [-0.2, 0) is 0 Å². The van der Waals surface area contributed by atoms with E-state index >= 15 is 0 Å². The van der Waals surface area contributed by atoms with Crippen LogP contribution in [0.2, 0.25) is 0 Å². The SMILES string of the molecule is O[C@]12C=C(c3nccc4c3[nH]c3ccccc34)[C@H]3CCN(CCCCCCCC1)C[C@@]31C[C@@H]3CCCCCCN3[C@H]12. The summed E-state index contributed by atoms with van der Waals surface area (Å²) in [6.45, 7) is 4.68. The largest absolute Gasteiger partial charge is 0.384 e. The summed E-state index contributed by atoms with van der Waals surface area (Å²) in [5.74, 6) is 0.437. The van der Waals surface area contributed by atoms with Gasteiger partial charge in [-0.2, -0.15) is 0 Å². The fraction of sp³-hybridized carbons (Fsp3) is 0.639. The lowest BCUT2D eigenvalue weighted by Crippen LogP contribution is -2.65. The molecule has 5 aliphatic rings. The van der Waals surface area contributed by atoms with Crippen molar-refractivity contribution in [1.29, 1.82) is 0 Å². The quantitative estimate of drug-likeness (QED) is 0.333. The predicted octanol–water partition coefficient (Wildman–Crippen LogP) is 7.30. The zero-order valence-corrected chi connectivity index (χ0v) is 24.8. The number of nitrogens with one attached hydrogen (secondary N) is 1. The molecule has 218 valence electrons. The van der Waals surface area contributed by atoms with Gasteiger partial charge in [0.15, 0.2) is 0 Å². The van der Waals surface area contributed by atoms with Crippen molar-refractivity contribution in [2.24, 2.45) is 11.3 Å². The summed E-state index contributed by atoms with van der Waals surface area (Å²) in [7, 11) is 0. The molecule has 5 heteroatoms. The van der Waals surface area contributed by atoms with E-state index in [4.69, 9.17) is 4.98 Å². The molecule has 1 aliphatic carbocycles. The molecule has 3 bridgehead atoms. The number of para-hydroxylation sites is 1. The highest BCUT2D eigenvalue weighted by molar-refractivity contribution is 6.09. The second-order valence-corrected chi connectivity index (χ2v) is 14.3. The summed E-state index contributed by atoms with van der Waals surface area (Å²) in [6.07, 6.45) is 22.0. The van der Waals surface area contributed by atoms with Crippen molar-refractivity contribution in [2.75, 3.05) is 26.2 Å².